The summed E-state index contributed by atoms with van der Waals surface area (Å²) in [7, 11) is 0. The van der Waals surface area contributed by atoms with Crippen LogP contribution >= 0.6 is 15.9 Å². The van der Waals surface area contributed by atoms with Crippen molar-refractivity contribution in [1.82, 2.24) is 10.3 Å². The van der Waals surface area contributed by atoms with Gasteiger partial charge in [-0.15, -0.1) is 0 Å². The van der Waals surface area contributed by atoms with Gasteiger partial charge in [0.05, 0.1) is 5.92 Å². The van der Waals surface area contributed by atoms with Crippen molar-refractivity contribution in [2.45, 2.75) is 26.3 Å². The molecule has 2 unspecified atom stereocenters. The Morgan fingerprint density at radius 1 is 1.65 bits per heavy atom. The van der Waals surface area contributed by atoms with Gasteiger partial charge in [0.1, 0.15) is 5.82 Å². The van der Waals surface area contributed by atoms with Crippen LogP contribution in [0.4, 0.5) is 5.82 Å². The van der Waals surface area contributed by atoms with Gasteiger partial charge in [-0.25, -0.2) is 4.98 Å². The molecule has 1 amide bonds. The Labute approximate surface area is 109 Å². The summed E-state index contributed by atoms with van der Waals surface area (Å²) >= 11 is 3.35. The lowest BCUT2D eigenvalue weighted by Gasteiger charge is -2.15. The van der Waals surface area contributed by atoms with Gasteiger partial charge in [0, 0.05) is 16.7 Å². The first-order chi connectivity index (χ1) is 8.08. The van der Waals surface area contributed by atoms with Crippen molar-refractivity contribution in [1.29, 1.82) is 0 Å². The third-order valence-electron chi connectivity index (χ3n) is 3.15. The molecule has 1 aliphatic rings. The lowest BCUT2D eigenvalue weighted by atomic mass is 10.0. The maximum absolute atomic E-state index is 12.1. The van der Waals surface area contributed by atoms with E-state index in [1.165, 1.54) is 0 Å². The fourth-order valence-electron chi connectivity index (χ4n) is 2.10. The number of anilines is 1. The minimum atomic E-state index is 0.0415. The molecule has 17 heavy (non-hydrogen) atoms. The van der Waals surface area contributed by atoms with E-state index in [1.54, 1.807) is 6.20 Å². The van der Waals surface area contributed by atoms with Crippen molar-refractivity contribution >= 4 is 27.7 Å². The van der Waals surface area contributed by atoms with Gasteiger partial charge in [-0.05, 0) is 54.4 Å². The second kappa shape index (κ2) is 5.14. The molecule has 1 aliphatic heterocycles. The highest BCUT2D eigenvalue weighted by atomic mass is 79.9. The highest BCUT2D eigenvalue weighted by molar-refractivity contribution is 9.10. The Bertz CT molecular complexity index is 436. The van der Waals surface area contributed by atoms with Crippen LogP contribution in [0.2, 0.25) is 0 Å². The van der Waals surface area contributed by atoms with E-state index < -0.39 is 0 Å². The number of nitrogens with one attached hydrogen (secondary N) is 2. The molecular formula is C12H16BrN3O. The van der Waals surface area contributed by atoms with Crippen LogP contribution in [0.25, 0.3) is 0 Å². The summed E-state index contributed by atoms with van der Waals surface area (Å²) in [6, 6.07) is 2.18. The topological polar surface area (TPSA) is 54.0 Å². The number of carbonyl (C=O) groups excluding carboxylic acids is 1. The molecule has 0 radical (unpaired) electrons. The summed E-state index contributed by atoms with van der Waals surface area (Å²) in [5, 5.41) is 6.17. The molecule has 92 valence electrons. The van der Waals surface area contributed by atoms with E-state index in [1.807, 2.05) is 19.9 Å². The van der Waals surface area contributed by atoms with Crippen molar-refractivity contribution in [3.8, 4) is 0 Å². The summed E-state index contributed by atoms with van der Waals surface area (Å²) in [4.78, 5) is 16.3. The van der Waals surface area contributed by atoms with Crippen LogP contribution in [0.1, 0.15) is 18.9 Å². The molecule has 1 fully saturated rings. The molecule has 1 aromatic heterocycles. The van der Waals surface area contributed by atoms with Crippen molar-refractivity contribution in [3.63, 3.8) is 0 Å². The van der Waals surface area contributed by atoms with Crippen molar-refractivity contribution in [2.24, 2.45) is 5.92 Å². The third-order valence-corrected chi connectivity index (χ3v) is 3.58. The maximum Gasteiger partial charge on any atom is 0.230 e. The maximum atomic E-state index is 12.1. The molecule has 2 N–H and O–H groups in total. The number of pyridine rings is 1. The zero-order valence-electron chi connectivity index (χ0n) is 9.96. The molecule has 5 heteroatoms. The summed E-state index contributed by atoms with van der Waals surface area (Å²) < 4.78 is 0.920. The first kappa shape index (κ1) is 12.5. The SMILES string of the molecule is Cc1cc(Br)cnc1NC(=O)C1CCNC1C. The minimum absolute atomic E-state index is 0.0415. The molecule has 2 rings (SSSR count). The van der Waals surface area contributed by atoms with Gasteiger partial charge in [-0.1, -0.05) is 0 Å². The first-order valence-corrected chi connectivity index (χ1v) is 6.53. The Morgan fingerprint density at radius 3 is 3.00 bits per heavy atom. The number of hydrogen-bond acceptors (Lipinski definition) is 3. The Hall–Kier alpha value is -0.940. The van der Waals surface area contributed by atoms with Gasteiger partial charge in [0.15, 0.2) is 0 Å². The smallest absolute Gasteiger partial charge is 0.230 e. The number of aromatic nitrogens is 1. The lowest BCUT2D eigenvalue weighted by Crippen LogP contribution is -2.32. The summed E-state index contributed by atoms with van der Waals surface area (Å²) in [5.74, 6) is 0.748. The summed E-state index contributed by atoms with van der Waals surface area (Å²) in [6.07, 6.45) is 2.58. The number of halogens is 1. The second-order valence-electron chi connectivity index (χ2n) is 4.45. The predicted molar refractivity (Wildman–Crippen MR) is 70.9 cm³/mol. The third kappa shape index (κ3) is 2.84. The number of nitrogens with zero attached hydrogens (tertiary/aromatic N) is 1. The normalized spacial score (nSPS) is 23.7. The Kier molecular flexibility index (Phi) is 3.79. The highest BCUT2D eigenvalue weighted by Gasteiger charge is 2.29. The van der Waals surface area contributed by atoms with Gasteiger partial charge >= 0.3 is 0 Å². The molecule has 0 spiro atoms. The molecule has 0 bridgehead atoms. The second-order valence-corrected chi connectivity index (χ2v) is 5.36. The van der Waals surface area contributed by atoms with Crippen LogP contribution in [0, 0.1) is 12.8 Å². The fourth-order valence-corrected chi connectivity index (χ4v) is 2.54. The molecule has 0 aliphatic carbocycles. The molecule has 1 aromatic rings. The number of aryl methyl sites for hydroxylation is 1. The van der Waals surface area contributed by atoms with E-state index in [0.717, 1.165) is 23.0 Å². The van der Waals surface area contributed by atoms with Crippen molar-refractivity contribution in [2.75, 3.05) is 11.9 Å². The Balaban J connectivity index is 2.07. The zero-order valence-corrected chi connectivity index (χ0v) is 11.5. The van der Waals surface area contributed by atoms with Crippen LogP contribution in [-0.2, 0) is 4.79 Å². The fraction of sp³-hybridized carbons (Fsp3) is 0.500. The highest BCUT2D eigenvalue weighted by Crippen LogP contribution is 2.20. The monoisotopic (exact) mass is 297 g/mol. The van der Waals surface area contributed by atoms with Crippen LogP contribution in [0.5, 0.6) is 0 Å². The van der Waals surface area contributed by atoms with Crippen molar-refractivity contribution in [3.05, 3.63) is 22.3 Å². The first-order valence-electron chi connectivity index (χ1n) is 5.74. The molecule has 2 heterocycles. The van der Waals surface area contributed by atoms with E-state index in [-0.39, 0.29) is 17.9 Å². The molecule has 0 aromatic carbocycles. The molecule has 0 saturated carbocycles. The summed E-state index contributed by atoms with van der Waals surface area (Å²) in [6.45, 7) is 4.88. The van der Waals surface area contributed by atoms with E-state index in [2.05, 4.69) is 31.5 Å². The molecule has 4 nitrogen and oxygen atoms in total. The molecule has 2 atom stereocenters. The van der Waals surface area contributed by atoms with E-state index in [9.17, 15) is 4.79 Å². The quantitative estimate of drug-likeness (QED) is 0.879. The van der Waals surface area contributed by atoms with Crippen LogP contribution in [-0.4, -0.2) is 23.5 Å². The van der Waals surface area contributed by atoms with Gasteiger partial charge in [-0.3, -0.25) is 4.79 Å². The van der Waals surface area contributed by atoms with Crippen LogP contribution < -0.4 is 10.6 Å². The van der Waals surface area contributed by atoms with E-state index in [4.69, 9.17) is 0 Å². The van der Waals surface area contributed by atoms with Gasteiger partial charge in [0.25, 0.3) is 0 Å². The van der Waals surface area contributed by atoms with E-state index in [0.29, 0.717) is 5.82 Å². The minimum Gasteiger partial charge on any atom is -0.313 e. The van der Waals surface area contributed by atoms with Crippen LogP contribution in [0.3, 0.4) is 0 Å². The van der Waals surface area contributed by atoms with Gasteiger partial charge in [-0.2, -0.15) is 0 Å². The lowest BCUT2D eigenvalue weighted by molar-refractivity contribution is -0.120. The average molecular weight is 298 g/mol. The average Bonchev–Trinajstić information content (AvgIpc) is 2.68. The number of carbonyl (C=O) groups is 1. The largest absolute Gasteiger partial charge is 0.313 e. The van der Waals surface area contributed by atoms with Crippen molar-refractivity contribution < 1.29 is 4.79 Å². The standard InChI is InChI=1S/C12H16BrN3O/c1-7-5-9(13)6-15-11(7)16-12(17)10-3-4-14-8(10)2/h5-6,8,10,14H,3-4H2,1-2H3,(H,15,16,17). The number of amides is 1. The molecule has 1 saturated heterocycles. The number of hydrogen-bond donors (Lipinski definition) is 2. The zero-order chi connectivity index (χ0) is 12.4. The van der Waals surface area contributed by atoms with Gasteiger partial charge < -0.3 is 10.6 Å². The van der Waals surface area contributed by atoms with Crippen LogP contribution in [0.15, 0.2) is 16.7 Å². The number of rotatable bonds is 2. The predicted octanol–water partition coefficient (Wildman–Crippen LogP) is 2.09. The summed E-state index contributed by atoms with van der Waals surface area (Å²) in [5.41, 5.74) is 0.964. The molecular weight excluding hydrogens is 282 g/mol. The van der Waals surface area contributed by atoms with E-state index >= 15 is 0 Å². The van der Waals surface area contributed by atoms with Gasteiger partial charge in [0.2, 0.25) is 5.91 Å². The Morgan fingerprint density at radius 2 is 2.41 bits per heavy atom.